The molecule has 2 amide bonds. The second kappa shape index (κ2) is 11.8. The van der Waals surface area contributed by atoms with Crippen molar-refractivity contribution >= 4 is 12.0 Å². The molecule has 0 bridgehead atoms. The number of nitriles is 1. The Balaban J connectivity index is 1.88. The quantitative estimate of drug-likeness (QED) is 0.636. The van der Waals surface area contributed by atoms with E-state index in [9.17, 15) is 14.9 Å². The molecule has 1 fully saturated rings. The van der Waals surface area contributed by atoms with Crippen molar-refractivity contribution in [2.24, 2.45) is 0 Å². The number of benzene rings is 1. The second-order valence-electron chi connectivity index (χ2n) is 6.82. The maximum Gasteiger partial charge on any atom is 0.410 e. The van der Waals surface area contributed by atoms with Gasteiger partial charge in [-0.2, -0.15) is 5.26 Å². The molecule has 156 valence electrons. The Labute approximate surface area is 171 Å². The van der Waals surface area contributed by atoms with E-state index in [4.69, 9.17) is 14.2 Å². The van der Waals surface area contributed by atoms with Gasteiger partial charge in [-0.05, 0) is 12.5 Å². The first kappa shape index (κ1) is 22.4. The van der Waals surface area contributed by atoms with Gasteiger partial charge in [0.2, 0.25) is 0 Å². The summed E-state index contributed by atoms with van der Waals surface area (Å²) in [5.74, 6) is -0.551. The first-order valence-electron chi connectivity index (χ1n) is 9.49. The molecule has 0 unspecified atom stereocenters. The standard InChI is InChI=1S/C21H27N3O5/c1-16(2)12-19(29-21(26)24-8-10-27-11-9-24)20(25)23-18(13-22)15-28-14-17-6-4-3-5-7-17/h3-7,18-19H,1,8-12,14-15H2,2H3,(H,23,25)/t18-,19+/m1/s1. The summed E-state index contributed by atoms with van der Waals surface area (Å²) in [6.07, 6.45) is -1.47. The Bertz CT molecular complexity index is 726. The van der Waals surface area contributed by atoms with Gasteiger partial charge in [0.15, 0.2) is 6.10 Å². The Morgan fingerprint density at radius 1 is 1.31 bits per heavy atom. The molecule has 8 nitrogen and oxygen atoms in total. The van der Waals surface area contributed by atoms with E-state index >= 15 is 0 Å². The predicted octanol–water partition coefficient (Wildman–Crippen LogP) is 2.02. The molecule has 1 heterocycles. The number of morpholine rings is 1. The molecule has 29 heavy (non-hydrogen) atoms. The molecule has 0 aromatic heterocycles. The molecule has 1 saturated heterocycles. The summed E-state index contributed by atoms with van der Waals surface area (Å²) in [5, 5.41) is 11.9. The van der Waals surface area contributed by atoms with E-state index in [2.05, 4.69) is 11.9 Å². The number of carbonyl (C=O) groups excluding carboxylic acids is 2. The van der Waals surface area contributed by atoms with Gasteiger partial charge < -0.3 is 24.4 Å². The molecular formula is C21H27N3O5. The summed E-state index contributed by atoms with van der Waals surface area (Å²) in [6, 6.07) is 10.7. The van der Waals surface area contributed by atoms with Crippen molar-refractivity contribution in [2.75, 3.05) is 32.9 Å². The third-order valence-corrected chi connectivity index (χ3v) is 4.21. The monoisotopic (exact) mass is 401 g/mol. The Morgan fingerprint density at radius 2 is 2.00 bits per heavy atom. The number of hydrogen-bond donors (Lipinski definition) is 1. The van der Waals surface area contributed by atoms with Gasteiger partial charge in [0, 0.05) is 19.5 Å². The van der Waals surface area contributed by atoms with Crippen molar-refractivity contribution in [3.8, 4) is 6.07 Å². The van der Waals surface area contributed by atoms with Crippen molar-refractivity contribution < 1.29 is 23.8 Å². The molecule has 1 N–H and O–H groups in total. The van der Waals surface area contributed by atoms with Gasteiger partial charge in [0.25, 0.3) is 5.91 Å². The van der Waals surface area contributed by atoms with Crippen LogP contribution in [-0.2, 0) is 25.6 Å². The van der Waals surface area contributed by atoms with Gasteiger partial charge in [0.05, 0.1) is 32.5 Å². The van der Waals surface area contributed by atoms with Crippen LogP contribution in [0.1, 0.15) is 18.9 Å². The molecule has 0 spiro atoms. The van der Waals surface area contributed by atoms with Gasteiger partial charge in [-0.1, -0.05) is 42.5 Å². The summed E-state index contributed by atoms with van der Waals surface area (Å²) < 4.78 is 16.1. The second-order valence-corrected chi connectivity index (χ2v) is 6.82. The summed E-state index contributed by atoms with van der Waals surface area (Å²) >= 11 is 0. The lowest BCUT2D eigenvalue weighted by Crippen LogP contribution is -2.48. The van der Waals surface area contributed by atoms with Crippen molar-refractivity contribution in [1.82, 2.24) is 10.2 Å². The zero-order chi connectivity index (χ0) is 21.1. The number of ether oxygens (including phenoxy) is 3. The highest BCUT2D eigenvalue weighted by Crippen LogP contribution is 2.11. The number of amides is 2. The first-order valence-corrected chi connectivity index (χ1v) is 9.49. The smallest absolute Gasteiger partial charge is 0.410 e. The molecule has 1 aromatic carbocycles. The highest BCUT2D eigenvalue weighted by molar-refractivity contribution is 5.84. The first-order chi connectivity index (χ1) is 14.0. The molecule has 2 atom stereocenters. The van der Waals surface area contributed by atoms with Crippen molar-refractivity contribution in [3.63, 3.8) is 0 Å². The fourth-order valence-corrected chi connectivity index (χ4v) is 2.69. The van der Waals surface area contributed by atoms with Crippen molar-refractivity contribution in [1.29, 1.82) is 5.26 Å². The largest absolute Gasteiger partial charge is 0.436 e. The third-order valence-electron chi connectivity index (χ3n) is 4.21. The van der Waals surface area contributed by atoms with Crippen LogP contribution in [0.5, 0.6) is 0 Å². The predicted molar refractivity (Wildman–Crippen MR) is 106 cm³/mol. The molecule has 0 saturated carbocycles. The highest BCUT2D eigenvalue weighted by atomic mass is 16.6. The van der Waals surface area contributed by atoms with Crippen LogP contribution < -0.4 is 5.32 Å². The maximum atomic E-state index is 12.6. The molecule has 0 aliphatic carbocycles. The van der Waals surface area contributed by atoms with Crippen LogP contribution in [-0.4, -0.2) is 62.0 Å². The third kappa shape index (κ3) is 7.94. The van der Waals surface area contributed by atoms with Gasteiger partial charge in [0.1, 0.15) is 6.04 Å². The van der Waals surface area contributed by atoms with Crippen LogP contribution >= 0.6 is 0 Å². The average molecular weight is 401 g/mol. The number of nitrogens with one attached hydrogen (secondary N) is 1. The van der Waals surface area contributed by atoms with Gasteiger partial charge in [-0.25, -0.2) is 4.79 Å². The summed E-state index contributed by atoms with van der Waals surface area (Å²) in [4.78, 5) is 26.4. The van der Waals surface area contributed by atoms with E-state index in [-0.39, 0.29) is 13.0 Å². The SMILES string of the molecule is C=C(C)C[C@H](OC(=O)N1CCOCC1)C(=O)N[C@H](C#N)COCc1ccccc1. The van der Waals surface area contributed by atoms with Gasteiger partial charge in [-0.15, -0.1) is 0 Å². The van der Waals surface area contributed by atoms with E-state index in [0.717, 1.165) is 5.56 Å². The topological polar surface area (TPSA) is 101 Å². The normalized spacial score (nSPS) is 15.7. The van der Waals surface area contributed by atoms with Crippen LogP contribution in [0.2, 0.25) is 0 Å². The van der Waals surface area contributed by atoms with E-state index in [1.165, 1.54) is 4.90 Å². The van der Waals surface area contributed by atoms with Crippen LogP contribution in [0.3, 0.4) is 0 Å². The molecule has 8 heteroatoms. The van der Waals surface area contributed by atoms with Crippen molar-refractivity contribution in [3.05, 3.63) is 48.0 Å². The molecule has 1 aliphatic rings. The minimum atomic E-state index is -1.06. The Morgan fingerprint density at radius 3 is 2.62 bits per heavy atom. The Kier molecular flexibility index (Phi) is 9.15. The minimum Gasteiger partial charge on any atom is -0.436 e. The molecule has 1 aliphatic heterocycles. The number of rotatable bonds is 9. The molecule has 1 aromatic rings. The van der Waals surface area contributed by atoms with Gasteiger partial charge >= 0.3 is 6.09 Å². The van der Waals surface area contributed by atoms with E-state index in [1.54, 1.807) is 6.92 Å². The maximum absolute atomic E-state index is 12.6. The number of carbonyl (C=O) groups is 2. The van der Waals surface area contributed by atoms with Crippen LogP contribution in [0.4, 0.5) is 4.79 Å². The average Bonchev–Trinajstić information content (AvgIpc) is 2.73. The lowest BCUT2D eigenvalue weighted by atomic mass is 10.1. The van der Waals surface area contributed by atoms with Crippen LogP contribution in [0, 0.1) is 11.3 Å². The highest BCUT2D eigenvalue weighted by Gasteiger charge is 2.28. The summed E-state index contributed by atoms with van der Waals surface area (Å²) in [6.45, 7) is 7.57. The Hall–Kier alpha value is -2.89. The van der Waals surface area contributed by atoms with Crippen LogP contribution in [0.25, 0.3) is 0 Å². The van der Waals surface area contributed by atoms with E-state index in [0.29, 0.717) is 38.5 Å². The lowest BCUT2D eigenvalue weighted by molar-refractivity contribution is -0.131. The van der Waals surface area contributed by atoms with Crippen molar-refractivity contribution in [2.45, 2.75) is 32.1 Å². The minimum absolute atomic E-state index is 0.0222. The van der Waals surface area contributed by atoms with Gasteiger partial charge in [-0.3, -0.25) is 4.79 Å². The van der Waals surface area contributed by atoms with Crippen LogP contribution in [0.15, 0.2) is 42.5 Å². The summed E-state index contributed by atoms with van der Waals surface area (Å²) in [7, 11) is 0. The lowest BCUT2D eigenvalue weighted by Gasteiger charge is -2.28. The fourth-order valence-electron chi connectivity index (χ4n) is 2.69. The zero-order valence-corrected chi connectivity index (χ0v) is 16.6. The fraction of sp³-hybridized carbons (Fsp3) is 0.476. The molecule has 2 rings (SSSR count). The van der Waals surface area contributed by atoms with E-state index in [1.807, 2.05) is 36.4 Å². The summed E-state index contributed by atoms with van der Waals surface area (Å²) in [5.41, 5.74) is 1.66. The van der Waals surface area contributed by atoms with E-state index < -0.39 is 24.1 Å². The molecule has 0 radical (unpaired) electrons. The number of hydrogen-bond acceptors (Lipinski definition) is 6. The molecular weight excluding hydrogens is 374 g/mol. The zero-order valence-electron chi connectivity index (χ0n) is 16.6. The number of nitrogens with zero attached hydrogens (tertiary/aromatic N) is 2.